The Hall–Kier alpha value is -1.21. The SMILES string of the molecule is CCOCCCNC(=NCC(=O)N(C)C)N1CCN(c2nc(CC)ns2)CC1.I. The lowest BCUT2D eigenvalue weighted by Gasteiger charge is -2.36. The molecule has 1 aromatic heterocycles. The number of aromatic nitrogens is 2. The summed E-state index contributed by atoms with van der Waals surface area (Å²) >= 11 is 1.47. The van der Waals surface area contributed by atoms with Gasteiger partial charge in [-0.25, -0.2) is 9.98 Å². The number of aliphatic imine (C=N–C) groups is 1. The van der Waals surface area contributed by atoms with Crippen molar-refractivity contribution in [1.29, 1.82) is 0 Å². The van der Waals surface area contributed by atoms with Crippen molar-refractivity contribution in [3.8, 4) is 0 Å². The van der Waals surface area contributed by atoms with E-state index in [1.165, 1.54) is 11.5 Å². The maximum absolute atomic E-state index is 11.9. The lowest BCUT2D eigenvalue weighted by atomic mass is 10.3. The van der Waals surface area contributed by atoms with E-state index in [2.05, 4.69) is 36.4 Å². The number of amides is 1. The molecule has 29 heavy (non-hydrogen) atoms. The molecule has 1 N–H and O–H groups in total. The Labute approximate surface area is 195 Å². The zero-order valence-corrected chi connectivity index (χ0v) is 21.0. The number of likely N-dealkylation sites (N-methyl/N-ethyl adjacent to an activating group) is 1. The molecule has 0 radical (unpaired) electrons. The molecule has 1 saturated heterocycles. The Morgan fingerprint density at radius 1 is 1.28 bits per heavy atom. The van der Waals surface area contributed by atoms with E-state index in [0.717, 1.165) is 75.7 Å². The maximum Gasteiger partial charge on any atom is 0.243 e. The predicted molar refractivity (Wildman–Crippen MR) is 129 cm³/mol. The van der Waals surface area contributed by atoms with Crippen LogP contribution < -0.4 is 10.2 Å². The minimum absolute atomic E-state index is 0. The van der Waals surface area contributed by atoms with E-state index in [-0.39, 0.29) is 36.4 Å². The van der Waals surface area contributed by atoms with Gasteiger partial charge in [-0.1, -0.05) is 6.92 Å². The summed E-state index contributed by atoms with van der Waals surface area (Å²) in [4.78, 5) is 27.1. The highest BCUT2D eigenvalue weighted by molar-refractivity contribution is 14.0. The quantitative estimate of drug-likeness (QED) is 0.219. The summed E-state index contributed by atoms with van der Waals surface area (Å²) in [5, 5.41) is 4.38. The molecule has 0 bridgehead atoms. The summed E-state index contributed by atoms with van der Waals surface area (Å²) in [5.74, 6) is 1.69. The fourth-order valence-electron chi connectivity index (χ4n) is 2.70. The number of ether oxygens (including phenoxy) is 1. The largest absolute Gasteiger partial charge is 0.382 e. The molecule has 1 aliphatic heterocycles. The predicted octanol–water partition coefficient (Wildman–Crippen LogP) is 1.30. The van der Waals surface area contributed by atoms with Crippen molar-refractivity contribution < 1.29 is 9.53 Å². The number of nitrogens with zero attached hydrogens (tertiary/aromatic N) is 6. The van der Waals surface area contributed by atoms with Crippen molar-refractivity contribution in [3.05, 3.63) is 5.82 Å². The van der Waals surface area contributed by atoms with E-state index in [1.807, 2.05) is 6.92 Å². The van der Waals surface area contributed by atoms with Crippen molar-refractivity contribution in [1.82, 2.24) is 24.5 Å². The van der Waals surface area contributed by atoms with Crippen LogP contribution in [0, 0.1) is 0 Å². The van der Waals surface area contributed by atoms with Gasteiger partial charge < -0.3 is 24.8 Å². The van der Waals surface area contributed by atoms with Crippen molar-refractivity contribution in [2.24, 2.45) is 4.99 Å². The Balaban J connectivity index is 0.00000420. The summed E-state index contributed by atoms with van der Waals surface area (Å²) < 4.78 is 9.77. The molecule has 9 nitrogen and oxygen atoms in total. The number of carbonyl (C=O) groups excluding carboxylic acids is 1. The second-order valence-electron chi connectivity index (χ2n) is 6.73. The maximum atomic E-state index is 11.9. The summed E-state index contributed by atoms with van der Waals surface area (Å²) in [5.41, 5.74) is 0. The Kier molecular flexibility index (Phi) is 12.4. The van der Waals surface area contributed by atoms with Crippen LogP contribution in [0.4, 0.5) is 5.13 Å². The molecule has 0 unspecified atom stereocenters. The van der Waals surface area contributed by atoms with Gasteiger partial charge in [-0.15, -0.1) is 24.0 Å². The molecule has 1 amide bonds. The van der Waals surface area contributed by atoms with Crippen LogP contribution in [0.15, 0.2) is 4.99 Å². The smallest absolute Gasteiger partial charge is 0.243 e. The zero-order valence-electron chi connectivity index (χ0n) is 17.9. The van der Waals surface area contributed by atoms with Gasteiger partial charge >= 0.3 is 0 Å². The molecule has 1 fully saturated rings. The van der Waals surface area contributed by atoms with Crippen molar-refractivity contribution >= 4 is 52.5 Å². The van der Waals surface area contributed by atoms with Gasteiger partial charge in [-0.3, -0.25) is 4.79 Å². The van der Waals surface area contributed by atoms with Crippen LogP contribution in [0.3, 0.4) is 0 Å². The molecular formula is C18H34IN7O2S. The van der Waals surface area contributed by atoms with Crippen LogP contribution >= 0.6 is 35.5 Å². The van der Waals surface area contributed by atoms with Gasteiger partial charge in [0.05, 0.1) is 0 Å². The number of piperazine rings is 1. The summed E-state index contributed by atoms with van der Waals surface area (Å²) in [6, 6.07) is 0. The molecule has 166 valence electrons. The highest BCUT2D eigenvalue weighted by Crippen LogP contribution is 2.19. The lowest BCUT2D eigenvalue weighted by molar-refractivity contribution is -0.127. The van der Waals surface area contributed by atoms with E-state index >= 15 is 0 Å². The number of halogens is 1. The van der Waals surface area contributed by atoms with Crippen molar-refractivity contribution in [2.45, 2.75) is 26.7 Å². The average Bonchev–Trinajstić information content (AvgIpc) is 3.19. The number of rotatable bonds is 9. The van der Waals surface area contributed by atoms with Crippen LogP contribution in [-0.2, 0) is 16.0 Å². The molecule has 2 rings (SSSR count). The second kappa shape index (κ2) is 13.9. The first-order valence-electron chi connectivity index (χ1n) is 9.93. The van der Waals surface area contributed by atoms with Gasteiger partial charge in [0, 0.05) is 78.0 Å². The highest BCUT2D eigenvalue weighted by atomic mass is 127. The first-order chi connectivity index (χ1) is 13.5. The second-order valence-corrected chi connectivity index (χ2v) is 7.46. The van der Waals surface area contributed by atoms with Gasteiger partial charge in [0.25, 0.3) is 0 Å². The van der Waals surface area contributed by atoms with E-state index in [1.54, 1.807) is 19.0 Å². The molecule has 1 aromatic rings. The monoisotopic (exact) mass is 539 g/mol. The molecule has 0 aliphatic carbocycles. The van der Waals surface area contributed by atoms with Crippen molar-refractivity contribution in [3.63, 3.8) is 0 Å². The third-order valence-electron chi connectivity index (χ3n) is 4.44. The van der Waals surface area contributed by atoms with Crippen LogP contribution in [0.25, 0.3) is 0 Å². The third-order valence-corrected chi connectivity index (χ3v) is 5.25. The topological polar surface area (TPSA) is 86.2 Å². The number of carbonyl (C=O) groups is 1. The number of aryl methyl sites for hydroxylation is 1. The Morgan fingerprint density at radius 2 is 2.00 bits per heavy atom. The molecule has 1 aliphatic rings. The molecule has 0 aromatic carbocycles. The molecule has 2 heterocycles. The van der Waals surface area contributed by atoms with E-state index < -0.39 is 0 Å². The molecular weight excluding hydrogens is 505 g/mol. The van der Waals surface area contributed by atoms with Crippen LogP contribution in [-0.4, -0.2) is 97.6 Å². The van der Waals surface area contributed by atoms with E-state index in [4.69, 9.17) is 4.74 Å². The summed E-state index contributed by atoms with van der Waals surface area (Å²) in [7, 11) is 3.50. The fourth-order valence-corrected chi connectivity index (χ4v) is 3.50. The van der Waals surface area contributed by atoms with Gasteiger partial charge in [0.15, 0.2) is 5.96 Å². The van der Waals surface area contributed by atoms with Crippen LogP contribution in [0.1, 0.15) is 26.1 Å². The molecule has 11 heteroatoms. The Bertz CT molecular complexity index is 633. The van der Waals surface area contributed by atoms with Crippen LogP contribution in [0.5, 0.6) is 0 Å². The third kappa shape index (κ3) is 8.59. The standard InChI is InChI=1S/C18H33N7O2S.HI/c1-5-15-21-18(28-22-15)25-11-9-24(10-12-25)17(19-8-7-13-27-6-2)20-14-16(26)23(3)4;/h5-14H2,1-4H3,(H,19,20);1H. The average molecular weight is 539 g/mol. The van der Waals surface area contributed by atoms with Gasteiger partial charge in [0.1, 0.15) is 12.4 Å². The van der Waals surface area contributed by atoms with E-state index in [9.17, 15) is 4.79 Å². The molecule has 0 saturated carbocycles. The normalized spacial score (nSPS) is 14.6. The van der Waals surface area contributed by atoms with Crippen LogP contribution in [0.2, 0.25) is 0 Å². The number of guanidine groups is 1. The minimum Gasteiger partial charge on any atom is -0.382 e. The van der Waals surface area contributed by atoms with Gasteiger partial charge in [0.2, 0.25) is 11.0 Å². The summed E-state index contributed by atoms with van der Waals surface area (Å²) in [6.45, 7) is 9.81. The molecule has 0 atom stereocenters. The number of hydrogen-bond donors (Lipinski definition) is 1. The number of nitrogens with one attached hydrogen (secondary N) is 1. The minimum atomic E-state index is -0.00629. The van der Waals surface area contributed by atoms with Gasteiger partial charge in [-0.2, -0.15) is 4.37 Å². The number of hydrogen-bond acceptors (Lipinski definition) is 7. The fraction of sp³-hybridized carbons (Fsp3) is 0.778. The highest BCUT2D eigenvalue weighted by Gasteiger charge is 2.22. The van der Waals surface area contributed by atoms with Gasteiger partial charge in [-0.05, 0) is 13.3 Å². The first-order valence-corrected chi connectivity index (χ1v) is 10.7. The summed E-state index contributed by atoms with van der Waals surface area (Å²) in [6.07, 6.45) is 1.76. The lowest BCUT2D eigenvalue weighted by Crippen LogP contribution is -2.53. The van der Waals surface area contributed by atoms with E-state index in [0.29, 0.717) is 0 Å². The zero-order chi connectivity index (χ0) is 20.4. The Morgan fingerprint density at radius 3 is 2.59 bits per heavy atom. The molecule has 0 spiro atoms. The first kappa shape index (κ1) is 25.8. The number of anilines is 1. The van der Waals surface area contributed by atoms with Crippen molar-refractivity contribution in [2.75, 3.05) is 71.5 Å².